The summed E-state index contributed by atoms with van der Waals surface area (Å²) in [6.07, 6.45) is 1.70. The van der Waals surface area contributed by atoms with Gasteiger partial charge in [0.25, 0.3) is 0 Å². The molecule has 6 heteroatoms. The van der Waals surface area contributed by atoms with Crippen LogP contribution >= 0.6 is 0 Å². The number of urea groups is 1. The van der Waals surface area contributed by atoms with Crippen LogP contribution in [0.3, 0.4) is 0 Å². The highest BCUT2D eigenvalue weighted by Crippen LogP contribution is 2.17. The van der Waals surface area contributed by atoms with Crippen molar-refractivity contribution in [2.45, 2.75) is 38.8 Å². The number of carboxylic acid groups (broad SMARTS) is 1. The second-order valence-electron chi connectivity index (χ2n) is 5.41. The molecule has 19 heavy (non-hydrogen) atoms. The summed E-state index contributed by atoms with van der Waals surface area (Å²) in [6, 6.07) is 0.163. The van der Waals surface area contributed by atoms with Gasteiger partial charge in [-0.15, -0.1) is 0 Å². The SMILES string of the molecule is CCC(C)N(CC(=O)O)C(=O)N1CCC(N(C)C)C1. The van der Waals surface area contributed by atoms with Crippen LogP contribution in [-0.2, 0) is 4.79 Å². The highest BCUT2D eigenvalue weighted by atomic mass is 16.4. The van der Waals surface area contributed by atoms with Crippen LogP contribution in [0.5, 0.6) is 0 Å². The van der Waals surface area contributed by atoms with Crippen LogP contribution in [0.4, 0.5) is 4.79 Å². The van der Waals surface area contributed by atoms with Gasteiger partial charge in [0.2, 0.25) is 0 Å². The van der Waals surface area contributed by atoms with E-state index < -0.39 is 5.97 Å². The van der Waals surface area contributed by atoms with Crippen molar-refractivity contribution >= 4 is 12.0 Å². The molecule has 0 radical (unpaired) electrons. The fraction of sp³-hybridized carbons (Fsp3) is 0.846. The second kappa shape index (κ2) is 6.75. The summed E-state index contributed by atoms with van der Waals surface area (Å²) >= 11 is 0. The molecule has 0 bridgehead atoms. The van der Waals surface area contributed by atoms with Crippen molar-refractivity contribution in [1.82, 2.24) is 14.7 Å². The maximum atomic E-state index is 12.4. The van der Waals surface area contributed by atoms with Crippen LogP contribution in [0, 0.1) is 0 Å². The number of likely N-dealkylation sites (N-methyl/N-ethyl adjacent to an activating group) is 1. The molecule has 1 rings (SSSR count). The number of aliphatic carboxylic acids is 1. The quantitative estimate of drug-likeness (QED) is 0.808. The first-order valence-electron chi connectivity index (χ1n) is 6.80. The minimum Gasteiger partial charge on any atom is -0.480 e. The Balaban J connectivity index is 2.69. The third kappa shape index (κ3) is 4.09. The summed E-state index contributed by atoms with van der Waals surface area (Å²) < 4.78 is 0. The van der Waals surface area contributed by atoms with Crippen molar-refractivity contribution in [3.8, 4) is 0 Å². The van der Waals surface area contributed by atoms with E-state index in [0.29, 0.717) is 19.1 Å². The molecule has 2 atom stereocenters. The molecular weight excluding hydrogens is 246 g/mol. The Hall–Kier alpha value is -1.30. The molecule has 0 spiro atoms. The summed E-state index contributed by atoms with van der Waals surface area (Å²) in [7, 11) is 4.00. The zero-order valence-electron chi connectivity index (χ0n) is 12.3. The zero-order chi connectivity index (χ0) is 14.6. The number of carbonyl (C=O) groups excluding carboxylic acids is 1. The van der Waals surface area contributed by atoms with E-state index in [2.05, 4.69) is 4.90 Å². The van der Waals surface area contributed by atoms with Gasteiger partial charge in [-0.25, -0.2) is 4.79 Å². The summed E-state index contributed by atoms with van der Waals surface area (Å²) in [5.74, 6) is -0.961. The van der Waals surface area contributed by atoms with Gasteiger partial charge in [-0.3, -0.25) is 4.79 Å². The van der Waals surface area contributed by atoms with E-state index in [9.17, 15) is 9.59 Å². The first kappa shape index (κ1) is 15.8. The molecule has 0 aromatic heterocycles. The summed E-state index contributed by atoms with van der Waals surface area (Å²) in [6.45, 7) is 5.00. The van der Waals surface area contributed by atoms with Crippen LogP contribution in [0.1, 0.15) is 26.7 Å². The van der Waals surface area contributed by atoms with Crippen molar-refractivity contribution in [2.24, 2.45) is 0 Å². The Morgan fingerprint density at radius 2 is 2.05 bits per heavy atom. The van der Waals surface area contributed by atoms with E-state index in [0.717, 1.165) is 12.8 Å². The molecule has 1 fully saturated rings. The molecule has 1 heterocycles. The molecule has 1 aliphatic rings. The molecule has 0 aromatic carbocycles. The maximum Gasteiger partial charge on any atom is 0.323 e. The van der Waals surface area contributed by atoms with E-state index in [4.69, 9.17) is 5.11 Å². The van der Waals surface area contributed by atoms with Gasteiger partial charge in [-0.2, -0.15) is 0 Å². The number of carboxylic acids is 1. The fourth-order valence-corrected chi connectivity index (χ4v) is 2.30. The van der Waals surface area contributed by atoms with Gasteiger partial charge < -0.3 is 19.8 Å². The predicted octanol–water partition coefficient (Wildman–Crippen LogP) is 0.927. The minimum atomic E-state index is -0.961. The molecule has 1 aliphatic heterocycles. The number of amides is 2. The van der Waals surface area contributed by atoms with E-state index in [1.165, 1.54) is 4.90 Å². The van der Waals surface area contributed by atoms with E-state index >= 15 is 0 Å². The van der Waals surface area contributed by atoms with E-state index in [1.54, 1.807) is 4.90 Å². The second-order valence-corrected chi connectivity index (χ2v) is 5.41. The summed E-state index contributed by atoms with van der Waals surface area (Å²) in [4.78, 5) is 28.7. The monoisotopic (exact) mass is 271 g/mol. The molecule has 2 amide bonds. The summed E-state index contributed by atoms with van der Waals surface area (Å²) in [5, 5.41) is 8.94. The van der Waals surface area contributed by atoms with Crippen LogP contribution in [0.2, 0.25) is 0 Å². The Morgan fingerprint density at radius 3 is 2.47 bits per heavy atom. The van der Waals surface area contributed by atoms with E-state index in [1.807, 2.05) is 27.9 Å². The van der Waals surface area contributed by atoms with Crippen LogP contribution < -0.4 is 0 Å². The molecule has 1 N–H and O–H groups in total. The largest absolute Gasteiger partial charge is 0.480 e. The van der Waals surface area contributed by atoms with E-state index in [-0.39, 0.29) is 18.6 Å². The normalized spacial score (nSPS) is 20.7. The lowest BCUT2D eigenvalue weighted by Gasteiger charge is -2.31. The lowest BCUT2D eigenvalue weighted by molar-refractivity contribution is -0.138. The molecule has 6 nitrogen and oxygen atoms in total. The zero-order valence-corrected chi connectivity index (χ0v) is 12.3. The minimum absolute atomic E-state index is 0.0537. The Morgan fingerprint density at radius 1 is 1.42 bits per heavy atom. The Bertz CT molecular complexity index is 333. The van der Waals surface area contributed by atoms with Crippen molar-refractivity contribution < 1.29 is 14.7 Å². The van der Waals surface area contributed by atoms with Gasteiger partial charge in [-0.1, -0.05) is 6.92 Å². The number of hydrogen-bond donors (Lipinski definition) is 1. The maximum absolute atomic E-state index is 12.4. The van der Waals surface area contributed by atoms with Crippen LogP contribution in [0.25, 0.3) is 0 Å². The standard InChI is InChI=1S/C13H25N3O3/c1-5-10(2)16(9-12(17)18)13(19)15-7-6-11(8-15)14(3)4/h10-11H,5-9H2,1-4H3,(H,17,18). The molecule has 0 aliphatic carbocycles. The van der Waals surface area contributed by atoms with Crippen molar-refractivity contribution in [1.29, 1.82) is 0 Å². The molecule has 0 saturated carbocycles. The molecule has 2 unspecified atom stereocenters. The molecular formula is C13H25N3O3. The van der Waals surface area contributed by atoms with Gasteiger partial charge in [0.05, 0.1) is 0 Å². The number of hydrogen-bond acceptors (Lipinski definition) is 3. The predicted molar refractivity (Wildman–Crippen MR) is 73.2 cm³/mol. The Labute approximate surface area is 115 Å². The Kier molecular flexibility index (Phi) is 5.60. The lowest BCUT2D eigenvalue weighted by atomic mass is 10.2. The van der Waals surface area contributed by atoms with Crippen molar-refractivity contribution in [3.63, 3.8) is 0 Å². The fourth-order valence-electron chi connectivity index (χ4n) is 2.30. The van der Waals surface area contributed by atoms with Gasteiger partial charge in [0.15, 0.2) is 0 Å². The molecule has 110 valence electrons. The average molecular weight is 271 g/mol. The van der Waals surface area contributed by atoms with Crippen molar-refractivity contribution in [2.75, 3.05) is 33.7 Å². The first-order valence-corrected chi connectivity index (χ1v) is 6.80. The topological polar surface area (TPSA) is 64.1 Å². The van der Waals surface area contributed by atoms with Crippen LogP contribution in [-0.4, -0.2) is 77.6 Å². The first-order chi connectivity index (χ1) is 8.86. The smallest absolute Gasteiger partial charge is 0.323 e. The number of nitrogens with zero attached hydrogens (tertiary/aromatic N) is 3. The summed E-state index contributed by atoms with van der Waals surface area (Å²) in [5.41, 5.74) is 0. The molecule has 1 saturated heterocycles. The van der Waals surface area contributed by atoms with Crippen LogP contribution in [0.15, 0.2) is 0 Å². The van der Waals surface area contributed by atoms with Crippen molar-refractivity contribution in [3.05, 3.63) is 0 Å². The molecule has 0 aromatic rings. The highest BCUT2D eigenvalue weighted by molar-refractivity contribution is 5.80. The third-order valence-corrected chi connectivity index (χ3v) is 3.84. The number of likely N-dealkylation sites (tertiary alicyclic amines) is 1. The highest BCUT2D eigenvalue weighted by Gasteiger charge is 2.32. The average Bonchev–Trinajstić information content (AvgIpc) is 2.83. The number of rotatable bonds is 5. The van der Waals surface area contributed by atoms with Gasteiger partial charge >= 0.3 is 12.0 Å². The lowest BCUT2D eigenvalue weighted by Crippen LogP contribution is -2.49. The van der Waals surface area contributed by atoms with Gasteiger partial charge in [0, 0.05) is 25.2 Å². The van der Waals surface area contributed by atoms with Gasteiger partial charge in [-0.05, 0) is 33.9 Å². The third-order valence-electron chi connectivity index (χ3n) is 3.84. The van der Waals surface area contributed by atoms with Gasteiger partial charge in [0.1, 0.15) is 6.54 Å². The number of carbonyl (C=O) groups is 2.